The fourth-order valence-electron chi connectivity index (χ4n) is 2.97. The van der Waals surface area contributed by atoms with E-state index < -0.39 is 0 Å². The summed E-state index contributed by atoms with van der Waals surface area (Å²) in [6.45, 7) is 13.4. The number of benzene rings is 1. The van der Waals surface area contributed by atoms with Gasteiger partial charge in [0.1, 0.15) is 5.75 Å². The number of likely N-dealkylation sites (N-methyl/N-ethyl adjacent to an activating group) is 1. The summed E-state index contributed by atoms with van der Waals surface area (Å²) in [5.41, 5.74) is 2.29. The van der Waals surface area contributed by atoms with E-state index in [1.54, 1.807) is 7.11 Å². The Kier molecular flexibility index (Phi) is 5.69. The van der Waals surface area contributed by atoms with Gasteiger partial charge in [-0.2, -0.15) is 0 Å². The number of methoxy groups -OCH3 is 1. The lowest BCUT2D eigenvalue weighted by Crippen LogP contribution is -2.48. The Balaban J connectivity index is 2.10. The molecule has 1 amide bonds. The zero-order valence-corrected chi connectivity index (χ0v) is 15.2. The van der Waals surface area contributed by atoms with Crippen molar-refractivity contribution in [3.8, 4) is 5.75 Å². The molecule has 4 nitrogen and oxygen atoms in total. The van der Waals surface area contributed by atoms with Gasteiger partial charge in [-0.25, -0.2) is 0 Å². The predicted octanol–water partition coefficient (Wildman–Crippen LogP) is 2.70. The van der Waals surface area contributed by atoms with Gasteiger partial charge in [0.25, 0.3) is 0 Å². The summed E-state index contributed by atoms with van der Waals surface area (Å²) in [4.78, 5) is 17.0. The van der Waals surface area contributed by atoms with Crippen molar-refractivity contribution in [2.75, 3.05) is 39.8 Å². The van der Waals surface area contributed by atoms with Crippen molar-refractivity contribution < 1.29 is 9.53 Å². The van der Waals surface area contributed by atoms with Crippen LogP contribution in [0.4, 0.5) is 0 Å². The van der Waals surface area contributed by atoms with Gasteiger partial charge in [0, 0.05) is 31.7 Å². The van der Waals surface area contributed by atoms with E-state index in [9.17, 15) is 4.79 Å². The highest BCUT2D eigenvalue weighted by atomic mass is 16.5. The van der Waals surface area contributed by atoms with Crippen LogP contribution in [-0.2, 0) is 16.6 Å². The number of hydrogen-bond acceptors (Lipinski definition) is 3. The second-order valence-electron chi connectivity index (χ2n) is 7.27. The van der Waals surface area contributed by atoms with Crippen LogP contribution in [-0.4, -0.2) is 55.5 Å². The van der Waals surface area contributed by atoms with Gasteiger partial charge in [0.05, 0.1) is 13.5 Å². The van der Waals surface area contributed by atoms with Crippen LogP contribution in [0.2, 0.25) is 0 Å². The van der Waals surface area contributed by atoms with Gasteiger partial charge in [-0.1, -0.05) is 39.8 Å². The molecule has 0 radical (unpaired) electrons. The van der Waals surface area contributed by atoms with Gasteiger partial charge >= 0.3 is 0 Å². The summed E-state index contributed by atoms with van der Waals surface area (Å²) in [6.07, 6.45) is 0.416. The van der Waals surface area contributed by atoms with Crippen molar-refractivity contribution in [1.29, 1.82) is 0 Å². The van der Waals surface area contributed by atoms with Crippen LogP contribution in [0.5, 0.6) is 5.75 Å². The number of carbonyl (C=O) groups excluding carboxylic acids is 1. The van der Waals surface area contributed by atoms with Gasteiger partial charge in [0.15, 0.2) is 0 Å². The van der Waals surface area contributed by atoms with Crippen molar-refractivity contribution in [3.05, 3.63) is 29.3 Å². The number of rotatable bonds is 4. The molecule has 0 N–H and O–H groups in total. The van der Waals surface area contributed by atoms with E-state index in [0.29, 0.717) is 6.42 Å². The molecule has 1 aromatic rings. The highest BCUT2D eigenvalue weighted by molar-refractivity contribution is 5.79. The lowest BCUT2D eigenvalue weighted by molar-refractivity contribution is -0.132. The van der Waals surface area contributed by atoms with E-state index in [1.807, 2.05) is 11.0 Å². The Hall–Kier alpha value is -1.55. The highest BCUT2D eigenvalue weighted by Crippen LogP contribution is 2.28. The van der Waals surface area contributed by atoms with Crippen molar-refractivity contribution in [1.82, 2.24) is 9.80 Å². The summed E-state index contributed by atoms with van der Waals surface area (Å²) < 4.78 is 5.46. The topological polar surface area (TPSA) is 32.8 Å². The van der Waals surface area contributed by atoms with Crippen molar-refractivity contribution in [2.45, 2.75) is 39.5 Å². The molecule has 1 aliphatic rings. The molecule has 0 atom stereocenters. The molecule has 23 heavy (non-hydrogen) atoms. The first-order valence-corrected chi connectivity index (χ1v) is 8.52. The molecule has 0 bridgehead atoms. The number of amides is 1. The third kappa shape index (κ3) is 4.47. The lowest BCUT2D eigenvalue weighted by atomic mass is 9.85. The van der Waals surface area contributed by atoms with Gasteiger partial charge in [0.2, 0.25) is 5.91 Å². The molecule has 1 fully saturated rings. The van der Waals surface area contributed by atoms with E-state index >= 15 is 0 Å². The number of ether oxygens (including phenoxy) is 1. The maximum absolute atomic E-state index is 12.6. The van der Waals surface area contributed by atoms with Crippen LogP contribution >= 0.6 is 0 Å². The van der Waals surface area contributed by atoms with E-state index in [4.69, 9.17) is 4.74 Å². The molecule has 2 rings (SSSR count). The SMILES string of the molecule is CCN1CCN(C(=O)Cc2cc(C(C)(C)C)ccc2OC)CC1. The molecule has 1 aliphatic heterocycles. The quantitative estimate of drug-likeness (QED) is 0.856. The smallest absolute Gasteiger partial charge is 0.227 e. The second-order valence-corrected chi connectivity index (χ2v) is 7.27. The average molecular weight is 318 g/mol. The molecule has 0 unspecified atom stereocenters. The molecule has 1 saturated heterocycles. The fourth-order valence-corrected chi connectivity index (χ4v) is 2.97. The third-order valence-corrected chi connectivity index (χ3v) is 4.66. The largest absolute Gasteiger partial charge is 0.496 e. The molecular formula is C19H30N2O2. The summed E-state index contributed by atoms with van der Waals surface area (Å²) in [6, 6.07) is 6.20. The molecule has 4 heteroatoms. The molecule has 1 heterocycles. The van der Waals surface area contributed by atoms with Gasteiger partial charge in [-0.3, -0.25) is 4.79 Å². The standard InChI is InChI=1S/C19H30N2O2/c1-6-20-9-11-21(12-10-20)18(22)14-15-13-16(19(2,3)4)7-8-17(15)23-5/h7-8,13H,6,9-12,14H2,1-5H3. The predicted molar refractivity (Wildman–Crippen MR) is 94.1 cm³/mol. The lowest BCUT2D eigenvalue weighted by Gasteiger charge is -2.34. The van der Waals surface area contributed by atoms with Gasteiger partial charge in [-0.05, 0) is 23.6 Å². The zero-order valence-electron chi connectivity index (χ0n) is 15.2. The number of carbonyl (C=O) groups is 1. The van der Waals surface area contributed by atoms with Crippen molar-refractivity contribution in [2.24, 2.45) is 0 Å². The van der Waals surface area contributed by atoms with Crippen molar-refractivity contribution in [3.63, 3.8) is 0 Å². The monoisotopic (exact) mass is 318 g/mol. The first kappa shape index (κ1) is 17.8. The zero-order chi connectivity index (χ0) is 17.0. The average Bonchev–Trinajstić information content (AvgIpc) is 2.54. The third-order valence-electron chi connectivity index (χ3n) is 4.66. The summed E-state index contributed by atoms with van der Waals surface area (Å²) >= 11 is 0. The first-order valence-electron chi connectivity index (χ1n) is 8.52. The van der Waals surface area contributed by atoms with Gasteiger partial charge in [-0.15, -0.1) is 0 Å². The minimum absolute atomic E-state index is 0.0663. The summed E-state index contributed by atoms with van der Waals surface area (Å²) in [5.74, 6) is 1.00. The van der Waals surface area contributed by atoms with Crippen LogP contribution in [0.1, 0.15) is 38.8 Å². The maximum Gasteiger partial charge on any atom is 0.227 e. The molecule has 0 aliphatic carbocycles. The Labute approximate surface area is 140 Å². The molecular weight excluding hydrogens is 288 g/mol. The Morgan fingerprint density at radius 2 is 1.83 bits per heavy atom. The Bertz CT molecular complexity index is 541. The summed E-state index contributed by atoms with van der Waals surface area (Å²) in [5, 5.41) is 0. The first-order chi connectivity index (χ1) is 10.8. The summed E-state index contributed by atoms with van der Waals surface area (Å²) in [7, 11) is 1.67. The normalized spacial score (nSPS) is 16.5. The van der Waals surface area contributed by atoms with E-state index in [2.05, 4.69) is 44.7 Å². The van der Waals surface area contributed by atoms with Crippen LogP contribution in [0.25, 0.3) is 0 Å². The van der Waals surface area contributed by atoms with Crippen LogP contribution in [0.3, 0.4) is 0 Å². The van der Waals surface area contributed by atoms with E-state index in [0.717, 1.165) is 44.0 Å². The number of nitrogens with zero attached hydrogens (tertiary/aromatic N) is 2. The van der Waals surface area contributed by atoms with Crippen LogP contribution < -0.4 is 4.74 Å². The highest BCUT2D eigenvalue weighted by Gasteiger charge is 2.22. The second kappa shape index (κ2) is 7.35. The number of piperazine rings is 1. The number of hydrogen-bond donors (Lipinski definition) is 0. The van der Waals surface area contributed by atoms with Crippen LogP contribution in [0.15, 0.2) is 18.2 Å². The minimum atomic E-state index is 0.0663. The van der Waals surface area contributed by atoms with E-state index in [-0.39, 0.29) is 11.3 Å². The molecule has 0 spiro atoms. The van der Waals surface area contributed by atoms with Gasteiger partial charge < -0.3 is 14.5 Å². The minimum Gasteiger partial charge on any atom is -0.496 e. The molecule has 0 saturated carbocycles. The Morgan fingerprint density at radius 1 is 1.17 bits per heavy atom. The molecule has 0 aromatic heterocycles. The molecule has 128 valence electrons. The fraction of sp³-hybridized carbons (Fsp3) is 0.632. The Morgan fingerprint density at radius 3 is 2.35 bits per heavy atom. The van der Waals surface area contributed by atoms with Crippen LogP contribution in [0, 0.1) is 0 Å². The van der Waals surface area contributed by atoms with E-state index in [1.165, 1.54) is 5.56 Å². The molecule has 1 aromatic carbocycles. The maximum atomic E-state index is 12.6. The van der Waals surface area contributed by atoms with Crippen molar-refractivity contribution >= 4 is 5.91 Å².